The van der Waals surface area contributed by atoms with Crippen LogP contribution in [0.2, 0.25) is 0 Å². The molecule has 2 aliphatic carbocycles. The fourth-order valence-electron chi connectivity index (χ4n) is 6.94. The lowest BCUT2D eigenvalue weighted by molar-refractivity contribution is -0.143. The predicted molar refractivity (Wildman–Crippen MR) is 166 cm³/mol. The highest BCUT2D eigenvalue weighted by Crippen LogP contribution is 2.39. The number of allylic oxidation sites excluding steroid dienone is 1. The van der Waals surface area contributed by atoms with Gasteiger partial charge in [0.15, 0.2) is 11.5 Å². The maximum absolute atomic E-state index is 13.9. The summed E-state index contributed by atoms with van der Waals surface area (Å²) in [4.78, 5) is 30.6. The van der Waals surface area contributed by atoms with E-state index in [4.69, 9.17) is 4.74 Å². The second-order valence-electron chi connectivity index (χ2n) is 12.7. The van der Waals surface area contributed by atoms with Crippen molar-refractivity contribution in [3.8, 4) is 11.6 Å². The minimum Gasteiger partial charge on any atom is -0.489 e. The molecule has 0 spiro atoms. The minimum absolute atomic E-state index is 0.103. The van der Waals surface area contributed by atoms with Gasteiger partial charge in [-0.15, -0.1) is 0 Å². The molecule has 1 amide bonds. The zero-order chi connectivity index (χ0) is 32.6. The number of amides is 1. The van der Waals surface area contributed by atoms with E-state index in [1.165, 1.54) is 17.2 Å². The number of carboxylic acids is 1. The van der Waals surface area contributed by atoms with Crippen molar-refractivity contribution in [1.29, 1.82) is 0 Å². The molecule has 1 saturated carbocycles. The van der Waals surface area contributed by atoms with Crippen molar-refractivity contribution in [1.82, 2.24) is 19.7 Å². The smallest absolute Gasteiger partial charge is 0.434 e. The number of rotatable bonds is 9. The van der Waals surface area contributed by atoms with Crippen LogP contribution in [-0.2, 0) is 17.4 Å². The van der Waals surface area contributed by atoms with Crippen LogP contribution in [0.15, 0.2) is 48.2 Å². The molecular weight excluding hydrogens is 597 g/mol. The maximum atomic E-state index is 13.9. The normalized spacial score (nSPS) is 19.4. The van der Waals surface area contributed by atoms with Gasteiger partial charge in [0.25, 0.3) is 0 Å². The van der Waals surface area contributed by atoms with Crippen LogP contribution in [0, 0.1) is 11.8 Å². The fraction of sp³-hybridized carbons (Fsp3) is 0.486. The van der Waals surface area contributed by atoms with Crippen molar-refractivity contribution >= 4 is 17.4 Å². The highest BCUT2D eigenvalue weighted by molar-refractivity contribution is 5.89. The Bertz CT molecular complexity index is 1650. The van der Waals surface area contributed by atoms with Gasteiger partial charge >= 0.3 is 12.1 Å². The van der Waals surface area contributed by atoms with E-state index in [1.54, 1.807) is 12.1 Å². The molecule has 6 rings (SSSR count). The number of halogens is 3. The van der Waals surface area contributed by atoms with Crippen molar-refractivity contribution in [2.75, 3.05) is 19.7 Å². The largest absolute Gasteiger partial charge is 0.489 e. The molecule has 1 saturated heterocycles. The van der Waals surface area contributed by atoms with Crippen molar-refractivity contribution in [2.45, 2.75) is 77.3 Å². The molecule has 0 bridgehead atoms. The molecule has 244 valence electrons. The van der Waals surface area contributed by atoms with Crippen LogP contribution in [-0.4, -0.2) is 56.3 Å². The Balaban J connectivity index is 1.21. The Morgan fingerprint density at radius 1 is 1.07 bits per heavy atom. The number of hydrogen-bond donors (Lipinski definition) is 1. The number of benzene rings is 1. The first-order chi connectivity index (χ1) is 22.0. The van der Waals surface area contributed by atoms with E-state index in [0.717, 1.165) is 74.9 Å². The van der Waals surface area contributed by atoms with E-state index in [-0.39, 0.29) is 17.7 Å². The summed E-state index contributed by atoms with van der Waals surface area (Å²) in [5.74, 6) is 0.143. The molecule has 1 N–H and O–H groups in total. The van der Waals surface area contributed by atoms with Crippen LogP contribution < -0.4 is 4.74 Å². The Morgan fingerprint density at radius 3 is 2.50 bits per heavy atom. The molecule has 3 heterocycles. The van der Waals surface area contributed by atoms with Gasteiger partial charge in [-0.2, -0.15) is 18.3 Å². The van der Waals surface area contributed by atoms with E-state index in [0.29, 0.717) is 41.4 Å². The van der Waals surface area contributed by atoms with Gasteiger partial charge in [-0.05, 0) is 110 Å². The molecule has 0 radical (unpaired) electrons. The predicted octanol–water partition coefficient (Wildman–Crippen LogP) is 7.32. The third-order valence-electron chi connectivity index (χ3n) is 9.64. The highest BCUT2D eigenvalue weighted by Gasteiger charge is 2.41. The lowest BCUT2D eigenvalue weighted by Gasteiger charge is -2.33. The van der Waals surface area contributed by atoms with Crippen molar-refractivity contribution < 1.29 is 32.6 Å². The molecule has 3 aromatic rings. The third kappa shape index (κ3) is 6.55. The molecule has 2 aromatic heterocycles. The summed E-state index contributed by atoms with van der Waals surface area (Å²) in [7, 11) is 0. The van der Waals surface area contributed by atoms with Gasteiger partial charge in [-0.3, -0.25) is 4.79 Å². The molecule has 8 nitrogen and oxygen atoms in total. The van der Waals surface area contributed by atoms with E-state index in [2.05, 4.69) is 36.1 Å². The Labute approximate surface area is 266 Å². The standard InChI is InChI=1S/C35H39F3N4O4/c1-3-22-18-25(12-13-26(22)23-14-16-41(17-15-23)33(43)24-10-11-24)46-20-29-21(2)6-4-7-27(29)30-8-5-9-31(40-30)42-32(35(36,37)38)28(19-39-42)34(44)45/h5,8-9,12-13,18-19,21,23-24H,3-4,6-7,10-11,14-17,20H2,1-2H3,(H,44,45). The summed E-state index contributed by atoms with van der Waals surface area (Å²) in [5, 5.41) is 13.1. The molecule has 46 heavy (non-hydrogen) atoms. The molecule has 1 unspecified atom stereocenters. The van der Waals surface area contributed by atoms with Crippen molar-refractivity contribution in [3.63, 3.8) is 0 Å². The van der Waals surface area contributed by atoms with Gasteiger partial charge in [-0.25, -0.2) is 14.5 Å². The van der Waals surface area contributed by atoms with Crippen LogP contribution in [0.5, 0.6) is 5.75 Å². The number of ether oxygens (including phenoxy) is 1. The van der Waals surface area contributed by atoms with Crippen LogP contribution in [0.4, 0.5) is 13.2 Å². The molecule has 1 aliphatic heterocycles. The summed E-state index contributed by atoms with van der Waals surface area (Å²) < 4.78 is 48.6. The zero-order valence-corrected chi connectivity index (χ0v) is 26.1. The average molecular weight is 637 g/mol. The lowest BCUT2D eigenvalue weighted by atomic mass is 9.82. The van der Waals surface area contributed by atoms with E-state index < -0.39 is 23.4 Å². The van der Waals surface area contributed by atoms with Gasteiger partial charge < -0.3 is 14.7 Å². The monoisotopic (exact) mass is 636 g/mol. The first-order valence-electron chi connectivity index (χ1n) is 16.2. The van der Waals surface area contributed by atoms with Crippen molar-refractivity contribution in [2.24, 2.45) is 11.8 Å². The topological polar surface area (TPSA) is 97.6 Å². The lowest BCUT2D eigenvalue weighted by Crippen LogP contribution is -2.38. The number of alkyl halides is 3. The first kappa shape index (κ1) is 31.8. The molecule has 11 heteroatoms. The van der Waals surface area contributed by atoms with E-state index >= 15 is 0 Å². The quantitative estimate of drug-likeness (QED) is 0.265. The van der Waals surface area contributed by atoms with Crippen molar-refractivity contribution in [3.05, 3.63) is 76.2 Å². The highest BCUT2D eigenvalue weighted by atomic mass is 19.4. The van der Waals surface area contributed by atoms with Gasteiger partial charge in [0.2, 0.25) is 5.91 Å². The third-order valence-corrected chi connectivity index (χ3v) is 9.64. The number of likely N-dealkylation sites (tertiary alicyclic amines) is 1. The SMILES string of the molecule is CCc1cc(OCC2=C(c3cccc(-n4ncc(C(=O)O)c4C(F)(F)F)n3)CCCC2C)ccc1C1CCN(C(=O)C2CC2)CC1. The molecule has 1 aromatic carbocycles. The molecular formula is C35H39F3N4O4. The number of aromatic carboxylic acids is 1. The van der Waals surface area contributed by atoms with E-state index in [1.807, 2.05) is 11.0 Å². The summed E-state index contributed by atoms with van der Waals surface area (Å²) in [6, 6.07) is 11.1. The minimum atomic E-state index is -4.93. The van der Waals surface area contributed by atoms with Gasteiger partial charge in [-0.1, -0.05) is 26.0 Å². The summed E-state index contributed by atoms with van der Waals surface area (Å²) >= 11 is 0. The number of carbonyl (C=O) groups excluding carboxylic acids is 1. The second kappa shape index (κ2) is 12.9. The Morgan fingerprint density at radius 2 is 1.83 bits per heavy atom. The van der Waals surface area contributed by atoms with Crippen LogP contribution in [0.3, 0.4) is 0 Å². The summed E-state index contributed by atoms with van der Waals surface area (Å²) in [6.45, 7) is 6.20. The summed E-state index contributed by atoms with van der Waals surface area (Å²) in [5.41, 5.74) is 2.78. The Hall–Kier alpha value is -4.15. The zero-order valence-electron chi connectivity index (χ0n) is 26.1. The van der Waals surface area contributed by atoms with Gasteiger partial charge in [0.05, 0.1) is 11.9 Å². The average Bonchev–Trinajstić information content (AvgIpc) is 3.79. The number of carbonyl (C=O) groups is 2. The van der Waals surface area contributed by atoms with E-state index in [9.17, 15) is 27.9 Å². The van der Waals surface area contributed by atoms with Gasteiger partial charge in [0.1, 0.15) is 17.9 Å². The molecule has 2 fully saturated rings. The Kier molecular flexibility index (Phi) is 8.94. The maximum Gasteiger partial charge on any atom is 0.434 e. The van der Waals surface area contributed by atoms with Crippen LogP contribution in [0.25, 0.3) is 11.4 Å². The van der Waals surface area contributed by atoms with Crippen LogP contribution >= 0.6 is 0 Å². The number of hydrogen-bond acceptors (Lipinski definition) is 5. The number of piperidine rings is 1. The number of aromatic nitrogens is 3. The number of aryl methyl sites for hydroxylation is 1. The fourth-order valence-corrected chi connectivity index (χ4v) is 6.94. The number of nitrogens with zero attached hydrogens (tertiary/aromatic N) is 4. The second-order valence-corrected chi connectivity index (χ2v) is 12.7. The first-order valence-corrected chi connectivity index (χ1v) is 16.2. The summed E-state index contributed by atoms with van der Waals surface area (Å²) in [6.07, 6.45) is 3.20. The van der Waals surface area contributed by atoms with Crippen LogP contribution in [0.1, 0.15) is 97.6 Å². The van der Waals surface area contributed by atoms with Gasteiger partial charge in [0, 0.05) is 19.0 Å². The number of carboxylic acid groups (broad SMARTS) is 1. The number of pyridine rings is 1. The molecule has 3 aliphatic rings. The molecule has 1 atom stereocenters.